The lowest BCUT2D eigenvalue weighted by atomic mass is 10.1. The van der Waals surface area contributed by atoms with E-state index < -0.39 is 18.0 Å². The summed E-state index contributed by atoms with van der Waals surface area (Å²) < 4.78 is 17.7. The van der Waals surface area contributed by atoms with E-state index in [1.165, 1.54) is 18.2 Å². The zero-order valence-corrected chi connectivity index (χ0v) is 10.1. The molecule has 0 radical (unpaired) electrons. The summed E-state index contributed by atoms with van der Waals surface area (Å²) in [5.74, 6) is -0.512. The van der Waals surface area contributed by atoms with Crippen LogP contribution in [-0.4, -0.2) is 19.2 Å². The molecule has 1 aromatic rings. The van der Waals surface area contributed by atoms with Crippen LogP contribution in [0.1, 0.15) is 18.5 Å². The largest absolute Gasteiger partial charge is 0.450 e. The molecule has 1 rings (SSSR count). The van der Waals surface area contributed by atoms with Gasteiger partial charge in [0.1, 0.15) is 5.82 Å². The Kier molecular flexibility index (Phi) is 5.18. The average molecular weight is 261 g/mol. The van der Waals surface area contributed by atoms with Crippen LogP contribution >= 0.6 is 11.6 Å². The molecular formula is C11H14ClFN2O2. The minimum Gasteiger partial charge on any atom is -0.450 e. The molecule has 0 heterocycles. The van der Waals surface area contributed by atoms with Crippen molar-refractivity contribution < 1.29 is 13.9 Å². The number of alkyl carbamates (subject to hydrolysis) is 1. The standard InChI is InChI=1S/C11H14ClFN2O2/c1-2-17-11(16)15-10(6-14)7-3-4-9(13)8(12)5-7/h3-5,10H,2,6,14H2,1H3,(H,15,16). The molecule has 0 spiro atoms. The Morgan fingerprint density at radius 3 is 2.88 bits per heavy atom. The predicted octanol–water partition coefficient (Wildman–Crippen LogP) is 2.23. The lowest BCUT2D eigenvalue weighted by molar-refractivity contribution is 0.148. The monoisotopic (exact) mass is 260 g/mol. The van der Waals surface area contributed by atoms with Gasteiger partial charge in [-0.15, -0.1) is 0 Å². The summed E-state index contributed by atoms with van der Waals surface area (Å²) in [4.78, 5) is 11.2. The van der Waals surface area contributed by atoms with E-state index in [9.17, 15) is 9.18 Å². The fourth-order valence-electron chi connectivity index (χ4n) is 1.32. The minimum atomic E-state index is -0.566. The molecule has 0 bridgehead atoms. The van der Waals surface area contributed by atoms with Gasteiger partial charge in [-0.2, -0.15) is 0 Å². The maximum atomic E-state index is 13.0. The van der Waals surface area contributed by atoms with Crippen LogP contribution in [0, 0.1) is 5.82 Å². The molecule has 0 aliphatic rings. The second-order valence-electron chi connectivity index (χ2n) is 3.33. The van der Waals surface area contributed by atoms with Gasteiger partial charge in [-0.05, 0) is 24.6 Å². The second kappa shape index (κ2) is 6.42. The molecule has 3 N–H and O–H groups in total. The number of hydrogen-bond donors (Lipinski definition) is 2. The Balaban J connectivity index is 2.79. The SMILES string of the molecule is CCOC(=O)NC(CN)c1ccc(F)c(Cl)c1. The Bertz CT molecular complexity index is 401. The Labute approximate surface area is 104 Å². The van der Waals surface area contributed by atoms with Crippen LogP contribution in [0.3, 0.4) is 0 Å². The van der Waals surface area contributed by atoms with Crippen molar-refractivity contribution in [3.8, 4) is 0 Å². The molecule has 1 atom stereocenters. The van der Waals surface area contributed by atoms with Gasteiger partial charge in [-0.1, -0.05) is 17.7 Å². The fourth-order valence-corrected chi connectivity index (χ4v) is 1.51. The van der Waals surface area contributed by atoms with Crippen molar-refractivity contribution in [1.29, 1.82) is 0 Å². The summed E-state index contributed by atoms with van der Waals surface area (Å²) in [6.07, 6.45) is -0.566. The minimum absolute atomic E-state index is 0.00777. The highest BCUT2D eigenvalue weighted by atomic mass is 35.5. The van der Waals surface area contributed by atoms with E-state index in [-0.39, 0.29) is 18.2 Å². The zero-order valence-electron chi connectivity index (χ0n) is 9.37. The van der Waals surface area contributed by atoms with Crippen molar-refractivity contribution in [3.05, 3.63) is 34.6 Å². The highest BCUT2D eigenvalue weighted by molar-refractivity contribution is 6.30. The first-order valence-electron chi connectivity index (χ1n) is 5.16. The highest BCUT2D eigenvalue weighted by Crippen LogP contribution is 2.20. The summed E-state index contributed by atoms with van der Waals surface area (Å²) in [6, 6.07) is 3.73. The van der Waals surface area contributed by atoms with E-state index in [0.29, 0.717) is 5.56 Å². The van der Waals surface area contributed by atoms with Crippen molar-refractivity contribution >= 4 is 17.7 Å². The third-order valence-corrected chi connectivity index (χ3v) is 2.44. The molecule has 1 amide bonds. The van der Waals surface area contributed by atoms with Gasteiger partial charge in [-0.3, -0.25) is 0 Å². The molecule has 4 nitrogen and oxygen atoms in total. The van der Waals surface area contributed by atoms with Crippen LogP contribution in [0.25, 0.3) is 0 Å². The topological polar surface area (TPSA) is 64.3 Å². The molecule has 1 unspecified atom stereocenters. The summed E-state index contributed by atoms with van der Waals surface area (Å²) in [6.45, 7) is 2.14. The van der Waals surface area contributed by atoms with Gasteiger partial charge in [-0.25, -0.2) is 9.18 Å². The average Bonchev–Trinajstić information content (AvgIpc) is 2.30. The van der Waals surface area contributed by atoms with Gasteiger partial charge >= 0.3 is 6.09 Å². The molecule has 1 aromatic carbocycles. The molecular weight excluding hydrogens is 247 g/mol. The normalized spacial score (nSPS) is 12.0. The Hall–Kier alpha value is -1.33. The first-order valence-corrected chi connectivity index (χ1v) is 5.54. The summed E-state index contributed by atoms with van der Waals surface area (Å²) in [7, 11) is 0. The summed E-state index contributed by atoms with van der Waals surface area (Å²) in [5.41, 5.74) is 6.16. The molecule has 0 aromatic heterocycles. The second-order valence-corrected chi connectivity index (χ2v) is 3.73. The van der Waals surface area contributed by atoms with E-state index in [0.717, 1.165) is 0 Å². The lowest BCUT2D eigenvalue weighted by Crippen LogP contribution is -2.33. The zero-order chi connectivity index (χ0) is 12.8. The number of rotatable bonds is 4. The van der Waals surface area contributed by atoms with Crippen LogP contribution in [0.2, 0.25) is 5.02 Å². The molecule has 0 fully saturated rings. The molecule has 0 saturated carbocycles. The summed E-state index contributed by atoms with van der Waals surface area (Å²) >= 11 is 5.65. The fraction of sp³-hybridized carbons (Fsp3) is 0.364. The first-order chi connectivity index (χ1) is 8.08. The number of halogens is 2. The van der Waals surface area contributed by atoms with Gasteiger partial charge in [0.15, 0.2) is 0 Å². The van der Waals surface area contributed by atoms with Crippen molar-refractivity contribution in [2.45, 2.75) is 13.0 Å². The van der Waals surface area contributed by atoms with Crippen molar-refractivity contribution in [1.82, 2.24) is 5.32 Å². The molecule has 0 aliphatic heterocycles. The van der Waals surface area contributed by atoms with E-state index in [4.69, 9.17) is 22.1 Å². The third kappa shape index (κ3) is 3.87. The summed E-state index contributed by atoms with van der Waals surface area (Å²) in [5, 5.41) is 2.56. The van der Waals surface area contributed by atoms with Gasteiger partial charge < -0.3 is 15.8 Å². The van der Waals surface area contributed by atoms with Crippen molar-refractivity contribution in [2.24, 2.45) is 5.73 Å². The van der Waals surface area contributed by atoms with E-state index in [2.05, 4.69) is 5.32 Å². The number of carbonyl (C=O) groups is 1. The Morgan fingerprint density at radius 1 is 1.65 bits per heavy atom. The quantitative estimate of drug-likeness (QED) is 0.873. The van der Waals surface area contributed by atoms with Crippen LogP contribution in [0.4, 0.5) is 9.18 Å². The number of amides is 1. The number of nitrogens with two attached hydrogens (primary N) is 1. The van der Waals surface area contributed by atoms with Gasteiger partial charge in [0.2, 0.25) is 0 Å². The maximum absolute atomic E-state index is 13.0. The van der Waals surface area contributed by atoms with Crippen molar-refractivity contribution in [2.75, 3.05) is 13.2 Å². The van der Waals surface area contributed by atoms with E-state index in [1.807, 2.05) is 0 Å². The number of hydrogen-bond acceptors (Lipinski definition) is 3. The number of carbonyl (C=O) groups excluding carboxylic acids is 1. The van der Waals surface area contributed by atoms with Crippen LogP contribution < -0.4 is 11.1 Å². The van der Waals surface area contributed by atoms with Crippen LogP contribution in [-0.2, 0) is 4.74 Å². The van der Waals surface area contributed by atoms with Gasteiger partial charge in [0.25, 0.3) is 0 Å². The smallest absolute Gasteiger partial charge is 0.407 e. The number of benzene rings is 1. The van der Waals surface area contributed by atoms with E-state index >= 15 is 0 Å². The van der Waals surface area contributed by atoms with E-state index in [1.54, 1.807) is 6.92 Å². The Morgan fingerprint density at radius 2 is 2.35 bits per heavy atom. The predicted molar refractivity (Wildman–Crippen MR) is 63.4 cm³/mol. The highest BCUT2D eigenvalue weighted by Gasteiger charge is 2.14. The number of ether oxygens (including phenoxy) is 1. The third-order valence-electron chi connectivity index (χ3n) is 2.15. The van der Waals surface area contributed by atoms with Crippen LogP contribution in [0.5, 0.6) is 0 Å². The van der Waals surface area contributed by atoms with Crippen LogP contribution in [0.15, 0.2) is 18.2 Å². The molecule has 0 saturated heterocycles. The molecule has 6 heteroatoms. The maximum Gasteiger partial charge on any atom is 0.407 e. The van der Waals surface area contributed by atoms with Gasteiger partial charge in [0.05, 0.1) is 17.7 Å². The number of nitrogens with one attached hydrogen (secondary N) is 1. The van der Waals surface area contributed by atoms with Crippen molar-refractivity contribution in [3.63, 3.8) is 0 Å². The van der Waals surface area contributed by atoms with Gasteiger partial charge in [0, 0.05) is 6.54 Å². The lowest BCUT2D eigenvalue weighted by Gasteiger charge is -2.17. The molecule has 94 valence electrons. The first kappa shape index (κ1) is 13.7. The molecule has 0 aliphatic carbocycles. The molecule has 17 heavy (non-hydrogen) atoms.